The van der Waals surface area contributed by atoms with Gasteiger partial charge in [0.1, 0.15) is 0 Å². The van der Waals surface area contributed by atoms with Gasteiger partial charge in [0, 0.05) is 5.69 Å². The Bertz CT molecular complexity index is 1300. The Morgan fingerprint density at radius 3 is 2.19 bits per heavy atom. The van der Waals surface area contributed by atoms with Gasteiger partial charge in [-0.2, -0.15) is 0 Å². The molecule has 4 rings (SSSR count). The summed E-state index contributed by atoms with van der Waals surface area (Å²) in [5.41, 5.74) is 4.39. The number of hydrogen-bond donors (Lipinski definition) is 1. The molecule has 0 bridgehead atoms. The standard InChI is InChI=1S/C26H25N3O2S/c1-3-18-9-13-20(14-10-18)27-24(30)17-32-26-28-23-8-6-5-7-22(23)25(31)29(26)21-15-11-19(4-2)12-16-21/h5-16H,3-4,17H2,1-2H3,(H,27,30). The number of anilines is 1. The van der Waals surface area contributed by atoms with Crippen molar-refractivity contribution in [1.29, 1.82) is 0 Å². The zero-order valence-corrected chi connectivity index (χ0v) is 19.0. The smallest absolute Gasteiger partial charge is 0.266 e. The average molecular weight is 444 g/mol. The quantitative estimate of drug-likeness (QED) is 0.313. The normalized spacial score (nSPS) is 10.9. The highest BCUT2D eigenvalue weighted by Crippen LogP contribution is 2.22. The molecule has 0 spiro atoms. The van der Waals surface area contributed by atoms with Gasteiger partial charge < -0.3 is 5.32 Å². The summed E-state index contributed by atoms with van der Waals surface area (Å²) in [5, 5.41) is 3.96. The van der Waals surface area contributed by atoms with Crippen LogP contribution in [0.3, 0.4) is 0 Å². The van der Waals surface area contributed by atoms with Crippen LogP contribution < -0.4 is 10.9 Å². The van der Waals surface area contributed by atoms with Gasteiger partial charge in [0.2, 0.25) is 5.91 Å². The van der Waals surface area contributed by atoms with E-state index in [9.17, 15) is 9.59 Å². The molecule has 0 fully saturated rings. The molecule has 4 aromatic rings. The zero-order chi connectivity index (χ0) is 22.5. The summed E-state index contributed by atoms with van der Waals surface area (Å²) in [6.07, 6.45) is 1.88. The Morgan fingerprint density at radius 2 is 1.53 bits per heavy atom. The van der Waals surface area contributed by atoms with Crippen molar-refractivity contribution in [3.63, 3.8) is 0 Å². The molecular formula is C26H25N3O2S. The lowest BCUT2D eigenvalue weighted by molar-refractivity contribution is -0.113. The second-order valence-electron chi connectivity index (χ2n) is 7.46. The van der Waals surface area contributed by atoms with Crippen LogP contribution >= 0.6 is 11.8 Å². The van der Waals surface area contributed by atoms with Gasteiger partial charge in [-0.15, -0.1) is 0 Å². The molecule has 1 heterocycles. The van der Waals surface area contributed by atoms with Gasteiger partial charge in [-0.1, -0.05) is 62.0 Å². The molecule has 0 saturated carbocycles. The largest absolute Gasteiger partial charge is 0.325 e. The third kappa shape index (κ3) is 4.75. The molecule has 0 aliphatic rings. The van der Waals surface area contributed by atoms with Crippen molar-refractivity contribution >= 4 is 34.3 Å². The molecule has 162 valence electrons. The summed E-state index contributed by atoms with van der Waals surface area (Å²) in [6.45, 7) is 4.19. The molecule has 0 aliphatic carbocycles. The molecule has 1 amide bonds. The van der Waals surface area contributed by atoms with Crippen LogP contribution in [0, 0.1) is 0 Å². The van der Waals surface area contributed by atoms with Gasteiger partial charge >= 0.3 is 0 Å². The summed E-state index contributed by atoms with van der Waals surface area (Å²) in [4.78, 5) is 30.6. The lowest BCUT2D eigenvalue weighted by Crippen LogP contribution is -2.23. The van der Waals surface area contributed by atoms with E-state index in [2.05, 4.69) is 19.2 Å². The first-order valence-corrected chi connectivity index (χ1v) is 11.7. The number of benzene rings is 3. The molecular weight excluding hydrogens is 418 g/mol. The number of fused-ring (bicyclic) bond motifs is 1. The molecule has 0 aliphatic heterocycles. The maximum atomic E-state index is 13.3. The Morgan fingerprint density at radius 1 is 0.906 bits per heavy atom. The summed E-state index contributed by atoms with van der Waals surface area (Å²) in [7, 11) is 0. The highest BCUT2D eigenvalue weighted by Gasteiger charge is 2.15. The fraction of sp³-hybridized carbons (Fsp3) is 0.192. The van der Waals surface area contributed by atoms with E-state index in [4.69, 9.17) is 4.98 Å². The van der Waals surface area contributed by atoms with E-state index < -0.39 is 0 Å². The van der Waals surface area contributed by atoms with Gasteiger partial charge in [0.05, 0.1) is 22.3 Å². The van der Waals surface area contributed by atoms with Crippen LogP contribution in [0.15, 0.2) is 82.7 Å². The molecule has 6 heteroatoms. The maximum absolute atomic E-state index is 13.3. The van der Waals surface area contributed by atoms with Crippen molar-refractivity contribution in [1.82, 2.24) is 9.55 Å². The van der Waals surface area contributed by atoms with Crippen LogP contribution in [-0.4, -0.2) is 21.2 Å². The molecule has 0 atom stereocenters. The van der Waals surface area contributed by atoms with Gasteiger partial charge in [-0.05, 0) is 60.4 Å². The number of rotatable bonds is 7. The van der Waals surface area contributed by atoms with Crippen LogP contribution in [0.5, 0.6) is 0 Å². The van der Waals surface area contributed by atoms with Crippen LogP contribution in [0.1, 0.15) is 25.0 Å². The van der Waals surface area contributed by atoms with E-state index in [-0.39, 0.29) is 17.2 Å². The summed E-state index contributed by atoms with van der Waals surface area (Å²) in [5.74, 6) is 0.00224. The van der Waals surface area contributed by atoms with E-state index >= 15 is 0 Å². The lowest BCUT2D eigenvalue weighted by Gasteiger charge is -2.14. The van der Waals surface area contributed by atoms with Crippen LogP contribution in [0.4, 0.5) is 5.69 Å². The highest BCUT2D eigenvalue weighted by atomic mass is 32.2. The summed E-state index contributed by atoms with van der Waals surface area (Å²) < 4.78 is 1.59. The van der Waals surface area contributed by atoms with E-state index in [1.54, 1.807) is 10.6 Å². The van der Waals surface area contributed by atoms with Crippen molar-refractivity contribution in [2.24, 2.45) is 0 Å². The minimum atomic E-state index is -0.144. The number of carbonyl (C=O) groups excluding carboxylic acids is 1. The number of para-hydroxylation sites is 1. The maximum Gasteiger partial charge on any atom is 0.266 e. The second kappa shape index (κ2) is 9.83. The van der Waals surface area contributed by atoms with Crippen molar-refractivity contribution in [3.05, 3.63) is 94.3 Å². The number of aryl methyl sites for hydroxylation is 2. The van der Waals surface area contributed by atoms with Gasteiger partial charge in [-0.3, -0.25) is 14.2 Å². The number of thioether (sulfide) groups is 1. The molecule has 0 unspecified atom stereocenters. The molecule has 1 N–H and O–H groups in total. The first-order valence-electron chi connectivity index (χ1n) is 10.7. The van der Waals surface area contributed by atoms with E-state index in [0.717, 1.165) is 24.2 Å². The monoisotopic (exact) mass is 443 g/mol. The number of carbonyl (C=O) groups is 1. The van der Waals surface area contributed by atoms with E-state index in [1.807, 2.05) is 66.7 Å². The fourth-order valence-corrected chi connectivity index (χ4v) is 4.28. The molecule has 0 saturated heterocycles. The number of aromatic nitrogens is 2. The minimum Gasteiger partial charge on any atom is -0.325 e. The second-order valence-corrected chi connectivity index (χ2v) is 8.40. The summed E-state index contributed by atoms with van der Waals surface area (Å²) in [6, 6.07) is 23.0. The molecule has 3 aromatic carbocycles. The molecule has 5 nitrogen and oxygen atoms in total. The zero-order valence-electron chi connectivity index (χ0n) is 18.2. The Hall–Kier alpha value is -3.38. The van der Waals surface area contributed by atoms with Crippen molar-refractivity contribution in [2.75, 3.05) is 11.1 Å². The van der Waals surface area contributed by atoms with Crippen LogP contribution in [-0.2, 0) is 17.6 Å². The van der Waals surface area contributed by atoms with Crippen molar-refractivity contribution < 1.29 is 4.79 Å². The third-order valence-corrected chi connectivity index (χ3v) is 6.26. The topological polar surface area (TPSA) is 64.0 Å². The predicted molar refractivity (Wildman–Crippen MR) is 132 cm³/mol. The molecule has 0 radical (unpaired) electrons. The van der Waals surface area contributed by atoms with Crippen LogP contribution in [0.25, 0.3) is 16.6 Å². The Labute approximate surface area is 191 Å². The van der Waals surface area contributed by atoms with Crippen molar-refractivity contribution in [3.8, 4) is 5.69 Å². The summed E-state index contributed by atoms with van der Waals surface area (Å²) >= 11 is 1.26. The lowest BCUT2D eigenvalue weighted by atomic mass is 10.1. The molecule has 1 aromatic heterocycles. The Balaban J connectivity index is 1.62. The van der Waals surface area contributed by atoms with Crippen molar-refractivity contribution in [2.45, 2.75) is 31.8 Å². The Kier molecular flexibility index (Phi) is 6.71. The number of hydrogen-bond acceptors (Lipinski definition) is 4. The first kappa shape index (κ1) is 21.8. The first-order chi connectivity index (χ1) is 15.6. The SMILES string of the molecule is CCc1ccc(NC(=O)CSc2nc3ccccc3c(=O)n2-c2ccc(CC)cc2)cc1. The van der Waals surface area contributed by atoms with Gasteiger partial charge in [0.15, 0.2) is 5.16 Å². The van der Waals surface area contributed by atoms with Gasteiger partial charge in [-0.25, -0.2) is 4.98 Å². The fourth-order valence-electron chi connectivity index (χ4n) is 3.47. The number of nitrogens with zero attached hydrogens (tertiary/aromatic N) is 2. The average Bonchev–Trinajstić information content (AvgIpc) is 2.83. The minimum absolute atomic E-state index is 0.141. The number of nitrogens with one attached hydrogen (secondary N) is 1. The van der Waals surface area contributed by atoms with E-state index in [1.165, 1.54) is 22.9 Å². The van der Waals surface area contributed by atoms with Gasteiger partial charge in [0.25, 0.3) is 5.56 Å². The number of amides is 1. The third-order valence-electron chi connectivity index (χ3n) is 5.33. The predicted octanol–water partition coefficient (Wildman–Crippen LogP) is 5.24. The van der Waals surface area contributed by atoms with E-state index in [0.29, 0.717) is 16.1 Å². The van der Waals surface area contributed by atoms with Crippen LogP contribution in [0.2, 0.25) is 0 Å². The highest BCUT2D eigenvalue weighted by molar-refractivity contribution is 7.99. The molecule has 32 heavy (non-hydrogen) atoms.